The zero-order valence-corrected chi connectivity index (χ0v) is 12.7. The Morgan fingerprint density at radius 3 is 2.45 bits per heavy atom. The number of benzene rings is 1. The molecule has 0 spiro atoms. The normalized spacial score (nSPS) is 15.6. The second kappa shape index (κ2) is 6.04. The Kier molecular flexibility index (Phi) is 5.09. The molecule has 1 N–H and O–H groups in total. The minimum absolute atomic E-state index is 0. The number of nitrogens with one attached hydrogen (secondary N) is 1. The van der Waals surface area contributed by atoms with Gasteiger partial charge in [-0.2, -0.15) is 4.31 Å². The molecule has 0 amide bonds. The number of nitro groups is 1. The summed E-state index contributed by atoms with van der Waals surface area (Å²) in [5.41, 5.74) is 0.00691. The Morgan fingerprint density at radius 1 is 1.40 bits per heavy atom. The summed E-state index contributed by atoms with van der Waals surface area (Å²) >= 11 is 0. The predicted molar refractivity (Wildman–Crippen MR) is 76.7 cm³/mol. The van der Waals surface area contributed by atoms with Crippen LogP contribution in [-0.2, 0) is 10.0 Å². The molecule has 9 heteroatoms. The highest BCUT2D eigenvalue weighted by atomic mass is 35.5. The standard InChI is InChI=1S/C11H15N3O4S.ClH/c1-8-4-3-5-10(14(15)16)11(8)19(17,18)13(2)9-6-12-7-9;/h3-5,9,12H,6-7H2,1-2H3;1H. The highest BCUT2D eigenvalue weighted by molar-refractivity contribution is 7.89. The number of halogens is 1. The van der Waals surface area contributed by atoms with E-state index >= 15 is 0 Å². The summed E-state index contributed by atoms with van der Waals surface area (Å²) < 4.78 is 26.2. The molecule has 2 rings (SSSR count). The third kappa shape index (κ3) is 2.78. The van der Waals surface area contributed by atoms with Gasteiger partial charge in [-0.05, 0) is 12.5 Å². The van der Waals surface area contributed by atoms with Crippen LogP contribution in [-0.4, -0.2) is 43.8 Å². The van der Waals surface area contributed by atoms with E-state index in [9.17, 15) is 18.5 Å². The Balaban J connectivity index is 0.00000200. The SMILES string of the molecule is Cc1cccc([N+](=O)[O-])c1S(=O)(=O)N(C)C1CNC1.Cl. The monoisotopic (exact) mass is 321 g/mol. The third-order valence-corrected chi connectivity index (χ3v) is 5.40. The Hall–Kier alpha value is -1.22. The molecule has 0 radical (unpaired) electrons. The zero-order chi connectivity index (χ0) is 14.2. The number of rotatable bonds is 4. The molecule has 1 aromatic carbocycles. The molecule has 112 valence electrons. The van der Waals surface area contributed by atoms with Gasteiger partial charge in [0.15, 0.2) is 4.90 Å². The number of hydrogen-bond donors (Lipinski definition) is 1. The predicted octanol–water partition coefficient (Wildman–Crippen LogP) is 0.917. The van der Waals surface area contributed by atoms with Gasteiger partial charge in [-0.1, -0.05) is 12.1 Å². The average molecular weight is 322 g/mol. The lowest BCUT2D eigenvalue weighted by molar-refractivity contribution is -0.387. The van der Waals surface area contributed by atoms with Crippen LogP contribution < -0.4 is 5.32 Å². The molecule has 1 fully saturated rings. The highest BCUT2D eigenvalue weighted by Crippen LogP contribution is 2.30. The molecular weight excluding hydrogens is 306 g/mol. The van der Waals surface area contributed by atoms with E-state index in [1.54, 1.807) is 13.0 Å². The van der Waals surface area contributed by atoms with E-state index in [2.05, 4.69) is 5.32 Å². The van der Waals surface area contributed by atoms with E-state index in [-0.39, 0.29) is 29.0 Å². The average Bonchev–Trinajstić information content (AvgIpc) is 2.25. The molecule has 1 saturated heterocycles. The van der Waals surface area contributed by atoms with Crippen molar-refractivity contribution in [2.45, 2.75) is 17.9 Å². The summed E-state index contributed by atoms with van der Waals surface area (Å²) in [7, 11) is -2.40. The minimum Gasteiger partial charge on any atom is -0.313 e. The fourth-order valence-electron chi connectivity index (χ4n) is 1.99. The smallest absolute Gasteiger partial charge is 0.289 e. The van der Waals surface area contributed by atoms with E-state index in [0.29, 0.717) is 18.7 Å². The van der Waals surface area contributed by atoms with Crippen LogP contribution >= 0.6 is 12.4 Å². The first kappa shape index (κ1) is 16.8. The summed E-state index contributed by atoms with van der Waals surface area (Å²) in [6.45, 7) is 2.69. The fraction of sp³-hybridized carbons (Fsp3) is 0.455. The van der Waals surface area contributed by atoms with Crippen LogP contribution in [0.5, 0.6) is 0 Å². The van der Waals surface area contributed by atoms with Crippen molar-refractivity contribution in [2.24, 2.45) is 0 Å². The molecule has 0 bridgehead atoms. The molecule has 20 heavy (non-hydrogen) atoms. The van der Waals surface area contributed by atoms with Gasteiger partial charge in [0, 0.05) is 32.2 Å². The Labute approximate surface area is 123 Å². The largest absolute Gasteiger partial charge is 0.313 e. The molecule has 7 nitrogen and oxygen atoms in total. The van der Waals surface area contributed by atoms with Crippen molar-refractivity contribution in [1.82, 2.24) is 9.62 Å². The van der Waals surface area contributed by atoms with E-state index < -0.39 is 14.9 Å². The van der Waals surface area contributed by atoms with Gasteiger partial charge in [-0.3, -0.25) is 10.1 Å². The second-order valence-corrected chi connectivity index (χ2v) is 6.45. The number of hydrogen-bond acceptors (Lipinski definition) is 5. The summed E-state index contributed by atoms with van der Waals surface area (Å²) in [4.78, 5) is 10.1. The first-order chi connectivity index (χ1) is 8.85. The zero-order valence-electron chi connectivity index (χ0n) is 11.1. The molecule has 1 aliphatic heterocycles. The van der Waals surface area contributed by atoms with Gasteiger partial charge >= 0.3 is 0 Å². The number of likely N-dealkylation sites (N-methyl/N-ethyl adjacent to an activating group) is 1. The van der Waals surface area contributed by atoms with Crippen molar-refractivity contribution in [1.29, 1.82) is 0 Å². The minimum atomic E-state index is -3.85. The first-order valence-corrected chi connectivity index (χ1v) is 7.22. The van der Waals surface area contributed by atoms with Gasteiger partial charge in [0.2, 0.25) is 10.0 Å². The van der Waals surface area contributed by atoms with Gasteiger partial charge in [0.25, 0.3) is 5.69 Å². The lowest BCUT2D eigenvalue weighted by atomic mass is 10.2. The summed E-state index contributed by atoms with van der Waals surface area (Å²) in [5, 5.41) is 14.0. The number of sulfonamides is 1. The van der Waals surface area contributed by atoms with E-state index in [4.69, 9.17) is 0 Å². The highest BCUT2D eigenvalue weighted by Gasteiger charge is 2.36. The maximum atomic E-state index is 12.5. The first-order valence-electron chi connectivity index (χ1n) is 5.78. The van der Waals surface area contributed by atoms with E-state index in [1.807, 2.05) is 0 Å². The molecule has 0 saturated carbocycles. The Morgan fingerprint density at radius 2 is 2.00 bits per heavy atom. The molecule has 0 aliphatic carbocycles. The summed E-state index contributed by atoms with van der Waals surface area (Å²) in [6.07, 6.45) is 0. The lowest BCUT2D eigenvalue weighted by Gasteiger charge is -2.34. The summed E-state index contributed by atoms with van der Waals surface area (Å²) in [5.74, 6) is 0. The molecule has 0 aromatic heterocycles. The van der Waals surface area contributed by atoms with Crippen molar-refractivity contribution in [3.63, 3.8) is 0 Å². The molecule has 1 aliphatic rings. The van der Waals surface area contributed by atoms with Crippen molar-refractivity contribution in [3.8, 4) is 0 Å². The number of aryl methyl sites for hydroxylation is 1. The molecule has 0 unspecified atom stereocenters. The van der Waals surface area contributed by atoms with Crippen LogP contribution in [0.3, 0.4) is 0 Å². The third-order valence-electron chi connectivity index (χ3n) is 3.30. The molecule has 0 atom stereocenters. The van der Waals surface area contributed by atoms with E-state index in [1.165, 1.54) is 23.5 Å². The van der Waals surface area contributed by atoms with Gasteiger partial charge in [-0.25, -0.2) is 8.42 Å². The van der Waals surface area contributed by atoms with Crippen molar-refractivity contribution >= 4 is 28.1 Å². The maximum Gasteiger partial charge on any atom is 0.289 e. The van der Waals surface area contributed by atoms with Crippen LogP contribution in [0.1, 0.15) is 5.56 Å². The second-order valence-electron chi connectivity index (χ2n) is 4.51. The maximum absolute atomic E-state index is 12.5. The molecule has 1 heterocycles. The van der Waals surface area contributed by atoms with Crippen LogP contribution in [0.4, 0.5) is 5.69 Å². The fourth-order valence-corrected chi connectivity index (χ4v) is 3.70. The van der Waals surface area contributed by atoms with Crippen molar-refractivity contribution < 1.29 is 13.3 Å². The molecule has 1 aromatic rings. The van der Waals surface area contributed by atoms with Gasteiger partial charge in [0.05, 0.1) is 4.92 Å². The molecular formula is C11H16ClN3O4S. The Bertz CT molecular complexity index is 616. The van der Waals surface area contributed by atoms with Crippen molar-refractivity contribution in [3.05, 3.63) is 33.9 Å². The lowest BCUT2D eigenvalue weighted by Crippen LogP contribution is -2.57. The van der Waals surface area contributed by atoms with E-state index in [0.717, 1.165) is 0 Å². The topological polar surface area (TPSA) is 92.5 Å². The van der Waals surface area contributed by atoms with Gasteiger partial charge in [-0.15, -0.1) is 12.4 Å². The summed E-state index contributed by atoms with van der Waals surface area (Å²) in [6, 6.07) is 4.11. The number of nitrogens with zero attached hydrogens (tertiary/aromatic N) is 2. The van der Waals surface area contributed by atoms with Crippen LogP contribution in [0.25, 0.3) is 0 Å². The van der Waals surface area contributed by atoms with Crippen molar-refractivity contribution in [2.75, 3.05) is 20.1 Å². The quantitative estimate of drug-likeness (QED) is 0.657. The van der Waals surface area contributed by atoms with Gasteiger partial charge < -0.3 is 5.32 Å². The van der Waals surface area contributed by atoms with Crippen LogP contribution in [0.2, 0.25) is 0 Å². The van der Waals surface area contributed by atoms with Crippen LogP contribution in [0.15, 0.2) is 23.1 Å². The van der Waals surface area contributed by atoms with Crippen LogP contribution in [0, 0.1) is 17.0 Å². The number of nitro benzene ring substituents is 1. The van der Waals surface area contributed by atoms with Gasteiger partial charge in [0.1, 0.15) is 0 Å².